The van der Waals surface area contributed by atoms with Crippen LogP contribution in [0.5, 0.6) is 0 Å². The van der Waals surface area contributed by atoms with Crippen molar-refractivity contribution in [3.63, 3.8) is 0 Å². The largest absolute Gasteiger partial charge is 0.388 e. The van der Waals surface area contributed by atoms with Crippen molar-refractivity contribution in [2.24, 2.45) is 0 Å². The molecular formula is C20H18FNO2. The molecule has 2 aromatic carbocycles. The van der Waals surface area contributed by atoms with Gasteiger partial charge in [0, 0.05) is 23.2 Å². The zero-order valence-corrected chi connectivity index (χ0v) is 13.2. The lowest BCUT2D eigenvalue weighted by atomic mass is 9.80. The average molecular weight is 323 g/mol. The number of aliphatic hydroxyl groups is 1. The minimum Gasteiger partial charge on any atom is -0.388 e. The van der Waals surface area contributed by atoms with Gasteiger partial charge in [-0.2, -0.15) is 0 Å². The maximum atomic E-state index is 12.8. The van der Waals surface area contributed by atoms with Crippen LogP contribution in [0.3, 0.4) is 0 Å². The van der Waals surface area contributed by atoms with Crippen LogP contribution < -0.4 is 5.32 Å². The van der Waals surface area contributed by atoms with Crippen LogP contribution in [-0.4, -0.2) is 23.2 Å². The molecule has 0 saturated heterocycles. The first kappa shape index (κ1) is 16.2. The normalized spacial score (nSPS) is 14.9. The SMILES string of the molecule is O=C(NCC1(O)CCC1)c1ccc(C#Cc2ccc(F)cc2)cc1. The Balaban J connectivity index is 1.60. The Morgan fingerprint density at radius 3 is 2.08 bits per heavy atom. The number of amides is 1. The third kappa shape index (κ3) is 4.01. The van der Waals surface area contributed by atoms with Crippen LogP contribution >= 0.6 is 0 Å². The molecule has 3 nitrogen and oxygen atoms in total. The maximum absolute atomic E-state index is 12.8. The summed E-state index contributed by atoms with van der Waals surface area (Å²) in [6.45, 7) is 0.290. The van der Waals surface area contributed by atoms with E-state index in [1.54, 1.807) is 36.4 Å². The Bertz CT molecular complexity index is 781. The minimum atomic E-state index is -0.726. The highest BCUT2D eigenvalue weighted by Gasteiger charge is 2.34. The summed E-state index contributed by atoms with van der Waals surface area (Å²) in [6.07, 6.45) is 2.49. The highest BCUT2D eigenvalue weighted by Crippen LogP contribution is 2.30. The van der Waals surface area contributed by atoms with E-state index in [1.807, 2.05) is 0 Å². The quantitative estimate of drug-likeness (QED) is 0.854. The lowest BCUT2D eigenvalue weighted by Gasteiger charge is -2.36. The van der Waals surface area contributed by atoms with Crippen molar-refractivity contribution in [1.29, 1.82) is 0 Å². The Hall–Kier alpha value is -2.64. The topological polar surface area (TPSA) is 49.3 Å². The Morgan fingerprint density at radius 2 is 1.58 bits per heavy atom. The van der Waals surface area contributed by atoms with Crippen molar-refractivity contribution in [2.45, 2.75) is 24.9 Å². The Morgan fingerprint density at radius 1 is 1.04 bits per heavy atom. The zero-order valence-electron chi connectivity index (χ0n) is 13.2. The molecule has 0 aliphatic heterocycles. The predicted octanol–water partition coefficient (Wildman–Crippen LogP) is 2.87. The van der Waals surface area contributed by atoms with Gasteiger partial charge in [0.15, 0.2) is 0 Å². The Labute approximate surface area is 140 Å². The van der Waals surface area contributed by atoms with Crippen LogP contribution in [-0.2, 0) is 0 Å². The number of halogens is 1. The lowest BCUT2D eigenvalue weighted by Crippen LogP contribution is -2.47. The van der Waals surface area contributed by atoms with E-state index < -0.39 is 5.60 Å². The molecule has 0 bridgehead atoms. The van der Waals surface area contributed by atoms with Gasteiger partial charge < -0.3 is 10.4 Å². The summed E-state index contributed by atoms with van der Waals surface area (Å²) in [5, 5.41) is 12.8. The summed E-state index contributed by atoms with van der Waals surface area (Å²) in [5.41, 5.74) is 1.31. The molecule has 1 amide bonds. The van der Waals surface area contributed by atoms with Crippen molar-refractivity contribution in [3.8, 4) is 11.8 Å². The molecule has 1 saturated carbocycles. The third-order valence-corrected chi connectivity index (χ3v) is 4.20. The zero-order chi connectivity index (χ0) is 17.0. The van der Waals surface area contributed by atoms with Crippen LogP contribution in [0.2, 0.25) is 0 Å². The maximum Gasteiger partial charge on any atom is 0.251 e. The second-order valence-electron chi connectivity index (χ2n) is 6.09. The van der Waals surface area contributed by atoms with E-state index in [1.165, 1.54) is 12.1 Å². The van der Waals surface area contributed by atoms with Crippen molar-refractivity contribution in [1.82, 2.24) is 5.32 Å². The molecule has 1 aliphatic rings. The first-order chi connectivity index (χ1) is 11.5. The van der Waals surface area contributed by atoms with Gasteiger partial charge in [0.25, 0.3) is 5.91 Å². The van der Waals surface area contributed by atoms with E-state index in [4.69, 9.17) is 0 Å². The summed E-state index contributed by atoms with van der Waals surface area (Å²) in [5.74, 6) is 5.43. The molecule has 0 heterocycles. The van der Waals surface area contributed by atoms with Gasteiger partial charge in [-0.05, 0) is 67.8 Å². The Kier molecular flexibility index (Phi) is 4.64. The highest BCUT2D eigenvalue weighted by molar-refractivity contribution is 5.94. The van der Waals surface area contributed by atoms with Crippen LogP contribution in [0.1, 0.15) is 40.7 Å². The summed E-state index contributed by atoms with van der Waals surface area (Å²) in [4.78, 5) is 12.1. The number of benzene rings is 2. The molecule has 3 rings (SSSR count). The average Bonchev–Trinajstić information content (AvgIpc) is 2.58. The number of nitrogens with one attached hydrogen (secondary N) is 1. The van der Waals surface area contributed by atoms with Gasteiger partial charge >= 0.3 is 0 Å². The van der Waals surface area contributed by atoms with Crippen molar-refractivity contribution in [3.05, 3.63) is 71.0 Å². The molecule has 4 heteroatoms. The van der Waals surface area contributed by atoms with E-state index in [0.717, 1.165) is 30.4 Å². The summed E-state index contributed by atoms with van der Waals surface area (Å²) in [6, 6.07) is 12.9. The van der Waals surface area contributed by atoms with Gasteiger partial charge in [0.1, 0.15) is 5.82 Å². The predicted molar refractivity (Wildman–Crippen MR) is 90.0 cm³/mol. The minimum absolute atomic E-state index is 0.201. The van der Waals surface area contributed by atoms with E-state index in [9.17, 15) is 14.3 Å². The number of hydrogen-bond acceptors (Lipinski definition) is 2. The van der Waals surface area contributed by atoms with Crippen LogP contribution in [0, 0.1) is 17.7 Å². The molecule has 0 radical (unpaired) electrons. The van der Waals surface area contributed by atoms with E-state index in [-0.39, 0.29) is 18.3 Å². The van der Waals surface area contributed by atoms with Crippen molar-refractivity contribution < 1.29 is 14.3 Å². The molecule has 2 aromatic rings. The number of carbonyl (C=O) groups excluding carboxylic acids is 1. The van der Waals surface area contributed by atoms with E-state index in [2.05, 4.69) is 17.2 Å². The molecule has 1 aliphatic carbocycles. The first-order valence-electron chi connectivity index (χ1n) is 7.92. The van der Waals surface area contributed by atoms with Crippen LogP contribution in [0.15, 0.2) is 48.5 Å². The smallest absolute Gasteiger partial charge is 0.251 e. The first-order valence-corrected chi connectivity index (χ1v) is 7.92. The molecule has 1 fully saturated rings. The van der Waals surface area contributed by atoms with Gasteiger partial charge in [0.05, 0.1) is 5.60 Å². The molecule has 2 N–H and O–H groups in total. The molecule has 122 valence electrons. The second kappa shape index (κ2) is 6.86. The molecular weight excluding hydrogens is 305 g/mol. The molecule has 0 unspecified atom stereocenters. The van der Waals surface area contributed by atoms with Crippen molar-refractivity contribution >= 4 is 5.91 Å². The van der Waals surface area contributed by atoms with E-state index in [0.29, 0.717) is 5.56 Å². The fraction of sp³-hybridized carbons (Fsp3) is 0.250. The summed E-state index contributed by atoms with van der Waals surface area (Å²) in [7, 11) is 0. The standard InChI is InChI=1S/C20H18FNO2/c21-18-10-6-16(7-11-18)3-2-15-4-8-17(9-5-15)19(23)22-14-20(24)12-1-13-20/h4-11,24H,1,12-14H2,(H,22,23). The number of carbonyl (C=O) groups is 1. The second-order valence-corrected chi connectivity index (χ2v) is 6.09. The summed E-state index contributed by atoms with van der Waals surface area (Å²) < 4.78 is 12.8. The molecule has 24 heavy (non-hydrogen) atoms. The van der Waals surface area contributed by atoms with Gasteiger partial charge in [0.2, 0.25) is 0 Å². The highest BCUT2D eigenvalue weighted by atomic mass is 19.1. The van der Waals surface area contributed by atoms with Gasteiger partial charge in [-0.3, -0.25) is 4.79 Å². The molecule has 0 aromatic heterocycles. The van der Waals surface area contributed by atoms with Crippen LogP contribution in [0.4, 0.5) is 4.39 Å². The summed E-state index contributed by atoms with van der Waals surface area (Å²) >= 11 is 0. The number of rotatable bonds is 3. The third-order valence-electron chi connectivity index (χ3n) is 4.20. The fourth-order valence-electron chi connectivity index (χ4n) is 2.49. The molecule has 0 spiro atoms. The van der Waals surface area contributed by atoms with Gasteiger partial charge in [-0.15, -0.1) is 0 Å². The van der Waals surface area contributed by atoms with Gasteiger partial charge in [-0.1, -0.05) is 11.8 Å². The monoisotopic (exact) mass is 323 g/mol. The fourth-order valence-corrected chi connectivity index (χ4v) is 2.49. The van der Waals surface area contributed by atoms with E-state index >= 15 is 0 Å². The van der Waals surface area contributed by atoms with Crippen molar-refractivity contribution in [2.75, 3.05) is 6.54 Å². The van der Waals surface area contributed by atoms with Crippen LogP contribution in [0.25, 0.3) is 0 Å². The number of hydrogen-bond donors (Lipinski definition) is 2. The van der Waals surface area contributed by atoms with Gasteiger partial charge in [-0.25, -0.2) is 4.39 Å². The molecule has 0 atom stereocenters. The lowest BCUT2D eigenvalue weighted by molar-refractivity contribution is -0.0300.